The van der Waals surface area contributed by atoms with Crippen LogP contribution in [-0.2, 0) is 16.6 Å². The summed E-state index contributed by atoms with van der Waals surface area (Å²) in [6, 6.07) is 3.14. The summed E-state index contributed by atoms with van der Waals surface area (Å²) >= 11 is 0. The SMILES string of the molecule is CS(=O)(=O)NCc1ccc(C(=O)NCC2CC=CCC2)o1. The van der Waals surface area contributed by atoms with Crippen LogP contribution in [0.3, 0.4) is 0 Å². The second-order valence-corrected chi connectivity index (χ2v) is 7.05. The molecule has 0 fully saturated rings. The normalized spacial score (nSPS) is 18.6. The van der Waals surface area contributed by atoms with Crippen LogP contribution in [0, 0.1) is 5.92 Å². The van der Waals surface area contributed by atoms with Gasteiger partial charge in [0.25, 0.3) is 5.91 Å². The van der Waals surface area contributed by atoms with Gasteiger partial charge in [0, 0.05) is 6.54 Å². The Morgan fingerprint density at radius 1 is 1.38 bits per heavy atom. The van der Waals surface area contributed by atoms with Crippen molar-refractivity contribution in [3.8, 4) is 0 Å². The van der Waals surface area contributed by atoms with Crippen LogP contribution in [0.25, 0.3) is 0 Å². The number of furan rings is 1. The molecule has 7 heteroatoms. The van der Waals surface area contributed by atoms with Gasteiger partial charge >= 0.3 is 0 Å². The second-order valence-electron chi connectivity index (χ2n) is 5.22. The zero-order chi connectivity index (χ0) is 15.3. The van der Waals surface area contributed by atoms with E-state index in [1.54, 1.807) is 12.1 Å². The average molecular weight is 312 g/mol. The molecule has 2 N–H and O–H groups in total. The molecule has 0 aliphatic heterocycles. The Morgan fingerprint density at radius 3 is 2.86 bits per heavy atom. The van der Waals surface area contributed by atoms with Gasteiger partial charge in [-0.3, -0.25) is 4.79 Å². The van der Waals surface area contributed by atoms with E-state index in [2.05, 4.69) is 22.2 Å². The summed E-state index contributed by atoms with van der Waals surface area (Å²) in [6.07, 6.45) is 8.50. The van der Waals surface area contributed by atoms with Crippen molar-refractivity contribution in [1.82, 2.24) is 10.0 Å². The Hall–Kier alpha value is -1.60. The molecule has 1 atom stereocenters. The molecule has 6 nitrogen and oxygen atoms in total. The molecule has 1 aromatic heterocycles. The smallest absolute Gasteiger partial charge is 0.287 e. The Morgan fingerprint density at radius 2 is 2.19 bits per heavy atom. The first kappa shape index (κ1) is 15.8. The lowest BCUT2D eigenvalue weighted by atomic mass is 9.94. The van der Waals surface area contributed by atoms with Crippen LogP contribution in [0.5, 0.6) is 0 Å². The highest BCUT2D eigenvalue weighted by molar-refractivity contribution is 7.88. The summed E-state index contributed by atoms with van der Waals surface area (Å²) in [5, 5.41) is 2.85. The second kappa shape index (κ2) is 6.91. The number of carbonyl (C=O) groups excluding carboxylic acids is 1. The third-order valence-corrected chi connectivity index (χ3v) is 3.99. The summed E-state index contributed by atoms with van der Waals surface area (Å²) in [7, 11) is -3.28. The van der Waals surface area contributed by atoms with E-state index in [0.29, 0.717) is 18.2 Å². The van der Waals surface area contributed by atoms with Gasteiger partial charge in [0.2, 0.25) is 10.0 Å². The Labute approximate surface area is 124 Å². The minimum Gasteiger partial charge on any atom is -0.455 e. The Kier molecular flexibility index (Phi) is 5.19. The third-order valence-electron chi connectivity index (χ3n) is 3.32. The largest absolute Gasteiger partial charge is 0.455 e. The predicted molar refractivity (Wildman–Crippen MR) is 79.2 cm³/mol. The molecule has 1 amide bonds. The third kappa shape index (κ3) is 5.35. The van der Waals surface area contributed by atoms with Crippen LogP contribution in [0.1, 0.15) is 35.6 Å². The van der Waals surface area contributed by atoms with E-state index in [0.717, 1.165) is 25.5 Å². The van der Waals surface area contributed by atoms with Crippen LogP contribution in [-0.4, -0.2) is 27.1 Å². The number of allylic oxidation sites excluding steroid dienone is 2. The van der Waals surface area contributed by atoms with Gasteiger partial charge in [-0.1, -0.05) is 12.2 Å². The van der Waals surface area contributed by atoms with E-state index in [-0.39, 0.29) is 18.2 Å². The molecule has 0 aromatic carbocycles. The van der Waals surface area contributed by atoms with Crippen LogP contribution in [0.4, 0.5) is 0 Å². The molecular formula is C14H20N2O4S. The predicted octanol–water partition coefficient (Wildman–Crippen LogP) is 1.41. The molecule has 2 rings (SSSR count). The van der Waals surface area contributed by atoms with Crippen molar-refractivity contribution >= 4 is 15.9 Å². The van der Waals surface area contributed by atoms with Gasteiger partial charge in [0.15, 0.2) is 5.76 Å². The van der Waals surface area contributed by atoms with Gasteiger partial charge in [0.05, 0.1) is 12.8 Å². The molecule has 1 aliphatic rings. The maximum atomic E-state index is 11.9. The monoisotopic (exact) mass is 312 g/mol. The number of hydrogen-bond donors (Lipinski definition) is 2. The highest BCUT2D eigenvalue weighted by atomic mass is 32.2. The quantitative estimate of drug-likeness (QED) is 0.777. The molecule has 0 saturated carbocycles. The van der Waals surface area contributed by atoms with Crippen molar-refractivity contribution in [3.63, 3.8) is 0 Å². The number of amides is 1. The van der Waals surface area contributed by atoms with Gasteiger partial charge in [-0.15, -0.1) is 0 Å². The number of nitrogens with one attached hydrogen (secondary N) is 2. The van der Waals surface area contributed by atoms with E-state index in [1.807, 2.05) is 0 Å². The molecule has 0 spiro atoms. The lowest BCUT2D eigenvalue weighted by molar-refractivity contribution is 0.0916. The van der Waals surface area contributed by atoms with E-state index < -0.39 is 10.0 Å². The maximum absolute atomic E-state index is 11.9. The zero-order valence-corrected chi connectivity index (χ0v) is 12.8. The first-order valence-corrected chi connectivity index (χ1v) is 8.80. The summed E-state index contributed by atoms with van der Waals surface area (Å²) in [5.41, 5.74) is 0. The molecular weight excluding hydrogens is 292 g/mol. The molecule has 0 radical (unpaired) electrons. The Bertz CT molecular complexity index is 619. The van der Waals surface area contributed by atoms with Crippen LogP contribution < -0.4 is 10.0 Å². The number of sulfonamides is 1. The summed E-state index contributed by atoms with van der Waals surface area (Å²) in [6.45, 7) is 0.667. The van der Waals surface area contributed by atoms with Crippen LogP contribution in [0.15, 0.2) is 28.7 Å². The summed E-state index contributed by atoms with van der Waals surface area (Å²) < 4.78 is 29.6. The average Bonchev–Trinajstić information content (AvgIpc) is 2.92. The fraction of sp³-hybridized carbons (Fsp3) is 0.500. The van der Waals surface area contributed by atoms with Gasteiger partial charge in [0.1, 0.15) is 5.76 Å². The molecule has 1 unspecified atom stereocenters. The Balaban J connectivity index is 1.82. The topological polar surface area (TPSA) is 88.4 Å². The molecule has 21 heavy (non-hydrogen) atoms. The van der Waals surface area contributed by atoms with Crippen molar-refractivity contribution in [2.24, 2.45) is 5.92 Å². The van der Waals surface area contributed by atoms with Crippen molar-refractivity contribution in [2.75, 3.05) is 12.8 Å². The van der Waals surface area contributed by atoms with E-state index in [1.165, 1.54) is 0 Å². The van der Waals surface area contributed by atoms with E-state index in [9.17, 15) is 13.2 Å². The number of carbonyl (C=O) groups is 1. The van der Waals surface area contributed by atoms with Crippen LogP contribution >= 0.6 is 0 Å². The molecule has 1 aromatic rings. The molecule has 1 aliphatic carbocycles. The fourth-order valence-corrected chi connectivity index (χ4v) is 2.57. The standard InChI is InChI=1S/C14H20N2O4S/c1-21(18,19)16-10-12-7-8-13(20-12)14(17)15-9-11-5-3-2-4-6-11/h2-3,7-8,11,16H,4-6,9-10H2,1H3,(H,15,17). The highest BCUT2D eigenvalue weighted by Gasteiger charge is 2.15. The first-order valence-electron chi connectivity index (χ1n) is 6.90. The maximum Gasteiger partial charge on any atom is 0.287 e. The van der Waals surface area contributed by atoms with Crippen LogP contribution in [0.2, 0.25) is 0 Å². The van der Waals surface area contributed by atoms with Crippen molar-refractivity contribution < 1.29 is 17.6 Å². The van der Waals surface area contributed by atoms with E-state index >= 15 is 0 Å². The van der Waals surface area contributed by atoms with Gasteiger partial charge in [-0.25, -0.2) is 13.1 Å². The highest BCUT2D eigenvalue weighted by Crippen LogP contribution is 2.17. The zero-order valence-electron chi connectivity index (χ0n) is 12.0. The first-order chi connectivity index (χ1) is 9.94. The lowest BCUT2D eigenvalue weighted by Crippen LogP contribution is -2.29. The van der Waals surface area contributed by atoms with Crippen molar-refractivity contribution in [1.29, 1.82) is 0 Å². The summed E-state index contributed by atoms with van der Waals surface area (Å²) in [4.78, 5) is 11.9. The van der Waals surface area contributed by atoms with Gasteiger partial charge < -0.3 is 9.73 Å². The van der Waals surface area contributed by atoms with Gasteiger partial charge in [-0.05, 0) is 37.3 Å². The van der Waals surface area contributed by atoms with Crippen molar-refractivity contribution in [3.05, 3.63) is 35.8 Å². The van der Waals surface area contributed by atoms with Crippen molar-refractivity contribution in [2.45, 2.75) is 25.8 Å². The summed E-state index contributed by atoms with van der Waals surface area (Å²) in [5.74, 6) is 0.813. The number of hydrogen-bond acceptors (Lipinski definition) is 4. The molecule has 1 heterocycles. The minimum absolute atomic E-state index is 0.0412. The minimum atomic E-state index is -3.28. The fourth-order valence-electron chi connectivity index (χ4n) is 2.16. The molecule has 0 saturated heterocycles. The van der Waals surface area contributed by atoms with E-state index in [4.69, 9.17) is 4.42 Å². The molecule has 116 valence electrons. The molecule has 0 bridgehead atoms. The number of rotatable bonds is 6. The lowest BCUT2D eigenvalue weighted by Gasteiger charge is -2.17. The van der Waals surface area contributed by atoms with Gasteiger partial charge in [-0.2, -0.15) is 0 Å².